The Morgan fingerprint density at radius 1 is 1.21 bits per heavy atom. The molecule has 0 saturated carbocycles. The van der Waals surface area contributed by atoms with E-state index >= 15 is 0 Å². The second-order valence-corrected chi connectivity index (χ2v) is 4.91. The van der Waals surface area contributed by atoms with Gasteiger partial charge in [0.15, 0.2) is 0 Å². The number of rotatable bonds is 9. The molecule has 0 radical (unpaired) electrons. The Hall–Kier alpha value is -1.70. The van der Waals surface area contributed by atoms with Crippen LogP contribution in [0, 0.1) is 16.7 Å². The smallest absolute Gasteiger partial charge is 0.0146 e. The van der Waals surface area contributed by atoms with Crippen LogP contribution in [0.4, 0.5) is 0 Å². The van der Waals surface area contributed by atoms with E-state index in [2.05, 4.69) is 37.8 Å². The fourth-order valence-electron chi connectivity index (χ4n) is 2.13. The quantitative estimate of drug-likeness (QED) is 0.373. The van der Waals surface area contributed by atoms with Gasteiger partial charge in [-0.3, -0.25) is 0 Å². The van der Waals surface area contributed by atoms with Crippen molar-refractivity contribution in [2.45, 2.75) is 39.0 Å². The van der Waals surface area contributed by atoms with E-state index in [1.807, 2.05) is 0 Å². The fourth-order valence-corrected chi connectivity index (χ4v) is 2.13. The molecule has 0 amide bonds. The van der Waals surface area contributed by atoms with Crippen LogP contribution in [0.5, 0.6) is 0 Å². The van der Waals surface area contributed by atoms with Gasteiger partial charge in [0.2, 0.25) is 0 Å². The van der Waals surface area contributed by atoms with E-state index in [9.17, 15) is 0 Å². The predicted octanol–water partition coefficient (Wildman–Crippen LogP) is 4.43. The second kappa shape index (κ2) is 8.41. The normalized spacial score (nSPS) is 11.8. The summed E-state index contributed by atoms with van der Waals surface area (Å²) in [5.74, 6) is 0.144. The first-order valence-corrected chi connectivity index (χ1v) is 6.96. The van der Waals surface area contributed by atoms with Crippen LogP contribution < -0.4 is 0 Å². The van der Waals surface area contributed by atoms with Gasteiger partial charge in [-0.25, -0.2) is 0 Å². The van der Waals surface area contributed by atoms with Gasteiger partial charge in [0.1, 0.15) is 0 Å². The van der Waals surface area contributed by atoms with E-state index < -0.39 is 0 Å². The van der Waals surface area contributed by atoms with Crippen molar-refractivity contribution in [3.8, 4) is 0 Å². The number of unbranched alkanes of at least 4 members (excludes halogenated alkanes) is 1. The van der Waals surface area contributed by atoms with Gasteiger partial charge in [0, 0.05) is 12.1 Å². The maximum absolute atomic E-state index is 7.51. The van der Waals surface area contributed by atoms with E-state index in [1.165, 1.54) is 23.6 Å². The van der Waals surface area contributed by atoms with Gasteiger partial charge in [0.05, 0.1) is 0 Å². The van der Waals surface area contributed by atoms with Crippen LogP contribution in [0.2, 0.25) is 0 Å². The van der Waals surface area contributed by atoms with Crippen molar-refractivity contribution in [2.24, 2.45) is 5.92 Å². The highest BCUT2D eigenvalue weighted by atomic mass is 14.4. The van der Waals surface area contributed by atoms with Crippen LogP contribution in [-0.4, -0.2) is 12.4 Å². The molecule has 0 aliphatic rings. The molecule has 102 valence electrons. The molecule has 1 rings (SSSR count). The van der Waals surface area contributed by atoms with Crippen LogP contribution in [0.3, 0.4) is 0 Å². The molecule has 0 saturated heterocycles. The third kappa shape index (κ3) is 5.21. The highest BCUT2D eigenvalue weighted by Gasteiger charge is 2.10. The Kier molecular flexibility index (Phi) is 6.80. The number of hydrogen-bond donors (Lipinski definition) is 2. The maximum Gasteiger partial charge on any atom is 0.0146 e. The summed E-state index contributed by atoms with van der Waals surface area (Å²) in [5, 5.41) is 14.5. The molecule has 0 fully saturated rings. The molecule has 1 aromatic rings. The Balaban J connectivity index is 2.55. The summed E-state index contributed by atoms with van der Waals surface area (Å²) < 4.78 is 0. The van der Waals surface area contributed by atoms with E-state index in [-0.39, 0.29) is 5.92 Å². The maximum atomic E-state index is 7.51. The Morgan fingerprint density at radius 3 is 2.37 bits per heavy atom. The molecule has 0 aromatic heterocycles. The van der Waals surface area contributed by atoms with Crippen molar-refractivity contribution in [3.63, 3.8) is 0 Å². The largest absolute Gasteiger partial charge is 0.313 e. The van der Waals surface area contributed by atoms with Crippen molar-refractivity contribution in [2.75, 3.05) is 0 Å². The first-order valence-electron chi connectivity index (χ1n) is 6.96. The zero-order chi connectivity index (χ0) is 14.1. The summed E-state index contributed by atoms with van der Waals surface area (Å²) in [6.07, 6.45) is 7.51. The monoisotopic (exact) mass is 256 g/mol. The molecule has 1 atom stereocenters. The Morgan fingerprint density at radius 2 is 1.84 bits per heavy atom. The zero-order valence-corrected chi connectivity index (χ0v) is 11.8. The molecule has 1 aromatic carbocycles. The SMILES string of the molecule is C=C(Cc1ccc(CC)cc1)[C@@H](C=N)CCCC=N. The van der Waals surface area contributed by atoms with E-state index in [0.717, 1.165) is 37.7 Å². The molecule has 0 aliphatic heterocycles. The molecular weight excluding hydrogens is 232 g/mol. The van der Waals surface area contributed by atoms with Crippen molar-refractivity contribution in [1.82, 2.24) is 0 Å². The molecular formula is C17H24N2. The molecule has 0 heterocycles. The minimum Gasteiger partial charge on any atom is -0.313 e. The topological polar surface area (TPSA) is 47.7 Å². The number of aryl methyl sites for hydroxylation is 1. The van der Waals surface area contributed by atoms with E-state index in [4.69, 9.17) is 10.8 Å². The van der Waals surface area contributed by atoms with Gasteiger partial charge in [0.25, 0.3) is 0 Å². The minimum atomic E-state index is 0.144. The first kappa shape index (κ1) is 15.4. The van der Waals surface area contributed by atoms with Gasteiger partial charge in [-0.05, 0) is 49.4 Å². The highest BCUT2D eigenvalue weighted by molar-refractivity contribution is 5.62. The van der Waals surface area contributed by atoms with Crippen molar-refractivity contribution < 1.29 is 0 Å². The minimum absolute atomic E-state index is 0.144. The lowest BCUT2D eigenvalue weighted by Gasteiger charge is -2.14. The summed E-state index contributed by atoms with van der Waals surface area (Å²) in [6, 6.07) is 8.64. The van der Waals surface area contributed by atoms with E-state index in [1.54, 1.807) is 0 Å². The Labute approximate surface area is 116 Å². The molecule has 0 aliphatic carbocycles. The standard InChI is InChI=1S/C17H24N2/c1-3-15-7-9-16(10-8-15)12-14(2)17(13-19)6-4-5-11-18/h7-11,13,17-19H,2-6,12H2,1H3/t17-/m1/s1. The number of hydrogen-bond acceptors (Lipinski definition) is 2. The summed E-state index contributed by atoms with van der Waals surface area (Å²) >= 11 is 0. The zero-order valence-electron chi connectivity index (χ0n) is 11.8. The Bertz CT molecular complexity index is 417. The van der Waals surface area contributed by atoms with Gasteiger partial charge in [-0.1, -0.05) is 43.3 Å². The lowest BCUT2D eigenvalue weighted by atomic mass is 9.91. The number of benzene rings is 1. The number of nitrogens with one attached hydrogen (secondary N) is 2. The summed E-state index contributed by atoms with van der Waals surface area (Å²) in [7, 11) is 0. The van der Waals surface area contributed by atoms with Crippen molar-refractivity contribution in [1.29, 1.82) is 10.8 Å². The second-order valence-electron chi connectivity index (χ2n) is 4.91. The third-order valence-corrected chi connectivity index (χ3v) is 3.45. The molecule has 0 spiro atoms. The van der Waals surface area contributed by atoms with Crippen LogP contribution in [0.15, 0.2) is 36.4 Å². The van der Waals surface area contributed by atoms with Crippen LogP contribution in [0.1, 0.15) is 37.3 Å². The molecule has 2 heteroatoms. The van der Waals surface area contributed by atoms with E-state index in [0.29, 0.717) is 0 Å². The molecule has 19 heavy (non-hydrogen) atoms. The van der Waals surface area contributed by atoms with Gasteiger partial charge in [-0.15, -0.1) is 0 Å². The first-order chi connectivity index (χ1) is 9.21. The summed E-state index contributed by atoms with van der Waals surface area (Å²) in [6.45, 7) is 6.29. The third-order valence-electron chi connectivity index (χ3n) is 3.45. The lowest BCUT2D eigenvalue weighted by Crippen LogP contribution is -2.07. The molecule has 0 bridgehead atoms. The van der Waals surface area contributed by atoms with Crippen LogP contribution in [0.25, 0.3) is 0 Å². The molecule has 0 unspecified atom stereocenters. The van der Waals surface area contributed by atoms with Crippen LogP contribution in [-0.2, 0) is 12.8 Å². The summed E-state index contributed by atoms with van der Waals surface area (Å²) in [5.41, 5.74) is 3.72. The van der Waals surface area contributed by atoms with Gasteiger partial charge in [-0.2, -0.15) is 0 Å². The van der Waals surface area contributed by atoms with Crippen molar-refractivity contribution in [3.05, 3.63) is 47.5 Å². The average molecular weight is 256 g/mol. The average Bonchev–Trinajstić information content (AvgIpc) is 2.44. The molecule has 2 nitrogen and oxygen atoms in total. The predicted molar refractivity (Wildman–Crippen MR) is 83.6 cm³/mol. The van der Waals surface area contributed by atoms with Crippen LogP contribution >= 0.6 is 0 Å². The van der Waals surface area contributed by atoms with Crippen molar-refractivity contribution >= 4 is 12.4 Å². The van der Waals surface area contributed by atoms with Gasteiger partial charge >= 0.3 is 0 Å². The fraction of sp³-hybridized carbons (Fsp3) is 0.412. The number of allylic oxidation sites excluding steroid dienone is 1. The molecule has 2 N–H and O–H groups in total. The van der Waals surface area contributed by atoms with Gasteiger partial charge < -0.3 is 10.8 Å². The lowest BCUT2D eigenvalue weighted by molar-refractivity contribution is 0.668. The highest BCUT2D eigenvalue weighted by Crippen LogP contribution is 2.19. The summed E-state index contributed by atoms with van der Waals surface area (Å²) in [4.78, 5) is 0.